The van der Waals surface area contributed by atoms with E-state index in [1.165, 1.54) is 12.1 Å². The predicted octanol–water partition coefficient (Wildman–Crippen LogP) is 2.05. The van der Waals surface area contributed by atoms with Gasteiger partial charge in [0.2, 0.25) is 10.0 Å². The molecule has 1 aromatic rings. The Morgan fingerprint density at radius 1 is 1.50 bits per heavy atom. The lowest BCUT2D eigenvalue weighted by Gasteiger charge is -2.11. The van der Waals surface area contributed by atoms with Crippen molar-refractivity contribution < 1.29 is 17.5 Å². The number of hydrogen-bond acceptors (Lipinski definition) is 3. The van der Waals surface area contributed by atoms with Gasteiger partial charge in [-0.05, 0) is 47.0 Å². The molecule has 1 aliphatic rings. The van der Waals surface area contributed by atoms with Gasteiger partial charge < -0.3 is 4.74 Å². The van der Waals surface area contributed by atoms with Crippen molar-refractivity contribution in [3.8, 4) is 0 Å². The molecular formula is C11H13BrFNO3S. The van der Waals surface area contributed by atoms with Crippen molar-refractivity contribution in [2.24, 2.45) is 0 Å². The second-order valence-corrected chi connectivity index (χ2v) is 6.68. The fraction of sp³-hybridized carbons (Fsp3) is 0.455. The van der Waals surface area contributed by atoms with Crippen molar-refractivity contribution >= 4 is 26.0 Å². The first-order chi connectivity index (χ1) is 8.49. The van der Waals surface area contributed by atoms with E-state index in [0.29, 0.717) is 6.61 Å². The summed E-state index contributed by atoms with van der Waals surface area (Å²) in [6.07, 6.45) is 1.70. The molecule has 2 rings (SSSR count). The third-order valence-corrected chi connectivity index (χ3v) is 4.79. The highest BCUT2D eigenvalue weighted by Gasteiger charge is 2.20. The Kier molecular flexibility index (Phi) is 4.37. The van der Waals surface area contributed by atoms with E-state index in [9.17, 15) is 12.8 Å². The largest absolute Gasteiger partial charge is 0.377 e. The van der Waals surface area contributed by atoms with Gasteiger partial charge in [-0.2, -0.15) is 0 Å². The number of halogens is 2. The van der Waals surface area contributed by atoms with Gasteiger partial charge in [0.15, 0.2) is 0 Å². The van der Waals surface area contributed by atoms with Crippen LogP contribution in [-0.4, -0.2) is 27.7 Å². The number of nitrogens with one attached hydrogen (secondary N) is 1. The maximum absolute atomic E-state index is 13.3. The molecule has 1 N–H and O–H groups in total. The summed E-state index contributed by atoms with van der Waals surface area (Å²) in [4.78, 5) is -0.0822. The first-order valence-corrected chi connectivity index (χ1v) is 7.83. The molecule has 0 bridgehead atoms. The number of hydrogen-bond donors (Lipinski definition) is 1. The molecule has 0 unspecified atom stereocenters. The monoisotopic (exact) mass is 337 g/mol. The van der Waals surface area contributed by atoms with E-state index in [-0.39, 0.29) is 22.0 Å². The average Bonchev–Trinajstić information content (AvgIpc) is 2.83. The molecule has 1 fully saturated rings. The van der Waals surface area contributed by atoms with E-state index >= 15 is 0 Å². The van der Waals surface area contributed by atoms with E-state index in [1.807, 2.05) is 0 Å². The Labute approximate surface area is 114 Å². The number of ether oxygens (including phenoxy) is 1. The van der Waals surface area contributed by atoms with E-state index < -0.39 is 15.8 Å². The molecule has 0 aliphatic carbocycles. The Hall–Kier alpha value is -0.500. The highest BCUT2D eigenvalue weighted by Crippen LogP contribution is 2.19. The summed E-state index contributed by atoms with van der Waals surface area (Å²) >= 11 is 2.98. The molecule has 100 valence electrons. The zero-order chi connectivity index (χ0) is 13.2. The molecule has 4 nitrogen and oxygen atoms in total. The van der Waals surface area contributed by atoms with Gasteiger partial charge in [-0.15, -0.1) is 0 Å². The molecule has 0 saturated carbocycles. The third-order valence-electron chi connectivity index (χ3n) is 2.73. The molecule has 1 saturated heterocycles. The van der Waals surface area contributed by atoms with Crippen molar-refractivity contribution in [2.75, 3.05) is 13.2 Å². The van der Waals surface area contributed by atoms with Crippen molar-refractivity contribution in [2.45, 2.75) is 23.8 Å². The first-order valence-electron chi connectivity index (χ1n) is 5.55. The predicted molar refractivity (Wildman–Crippen MR) is 68.3 cm³/mol. The third kappa shape index (κ3) is 3.28. The summed E-state index contributed by atoms with van der Waals surface area (Å²) in [6, 6.07) is 3.71. The molecular weight excluding hydrogens is 325 g/mol. The Balaban J connectivity index is 2.07. The average molecular weight is 338 g/mol. The van der Waals surface area contributed by atoms with Crippen LogP contribution in [0, 0.1) is 5.82 Å². The molecule has 18 heavy (non-hydrogen) atoms. The van der Waals surface area contributed by atoms with Crippen LogP contribution in [0.15, 0.2) is 27.6 Å². The van der Waals surface area contributed by atoms with Crippen LogP contribution in [0.1, 0.15) is 12.8 Å². The highest BCUT2D eigenvalue weighted by atomic mass is 79.9. The standard InChI is InChI=1S/C11H13BrFNO3S/c12-10-4-3-9(6-11(10)13)18(15,16)14-7-8-2-1-5-17-8/h3-4,6,8,14H,1-2,5,7H2/t8-/m1/s1. The van der Waals surface area contributed by atoms with Gasteiger partial charge in [-0.25, -0.2) is 17.5 Å². The summed E-state index contributed by atoms with van der Waals surface area (Å²) in [6.45, 7) is 0.888. The Morgan fingerprint density at radius 3 is 2.89 bits per heavy atom. The number of sulfonamides is 1. The van der Waals surface area contributed by atoms with E-state index in [0.717, 1.165) is 18.9 Å². The molecule has 1 aliphatic heterocycles. The van der Waals surface area contributed by atoms with Crippen molar-refractivity contribution in [3.05, 3.63) is 28.5 Å². The van der Waals surface area contributed by atoms with Crippen molar-refractivity contribution in [3.63, 3.8) is 0 Å². The molecule has 0 radical (unpaired) electrons. The zero-order valence-corrected chi connectivity index (χ0v) is 11.9. The van der Waals surface area contributed by atoms with Crippen molar-refractivity contribution in [1.29, 1.82) is 0 Å². The van der Waals surface area contributed by atoms with E-state index in [4.69, 9.17) is 4.74 Å². The lowest BCUT2D eigenvalue weighted by atomic mass is 10.2. The normalized spacial score (nSPS) is 20.2. The fourth-order valence-corrected chi connectivity index (χ4v) is 3.06. The summed E-state index contributed by atoms with van der Waals surface area (Å²) in [7, 11) is -3.68. The van der Waals surface area contributed by atoms with E-state index in [2.05, 4.69) is 20.7 Å². The van der Waals surface area contributed by atoms with E-state index in [1.54, 1.807) is 0 Å². The first kappa shape index (κ1) is 13.9. The summed E-state index contributed by atoms with van der Waals surface area (Å²) in [5.41, 5.74) is 0. The van der Waals surface area contributed by atoms with Gasteiger partial charge in [-0.3, -0.25) is 0 Å². The SMILES string of the molecule is O=S(=O)(NC[C@H]1CCCO1)c1ccc(Br)c(F)c1. The van der Waals surface area contributed by atoms with Crippen LogP contribution in [0.4, 0.5) is 4.39 Å². The lowest BCUT2D eigenvalue weighted by Crippen LogP contribution is -2.31. The maximum Gasteiger partial charge on any atom is 0.240 e. The van der Waals surface area contributed by atoms with Gasteiger partial charge in [-0.1, -0.05) is 0 Å². The second kappa shape index (κ2) is 5.64. The molecule has 0 amide bonds. The van der Waals surface area contributed by atoms with Gasteiger partial charge in [0, 0.05) is 13.2 Å². The highest BCUT2D eigenvalue weighted by molar-refractivity contribution is 9.10. The van der Waals surface area contributed by atoms with Crippen LogP contribution in [-0.2, 0) is 14.8 Å². The van der Waals surface area contributed by atoms with Crippen LogP contribution in [0.3, 0.4) is 0 Å². The molecule has 7 heteroatoms. The van der Waals surface area contributed by atoms with Crippen LogP contribution >= 0.6 is 15.9 Å². The summed E-state index contributed by atoms with van der Waals surface area (Å²) in [5.74, 6) is -0.602. The topological polar surface area (TPSA) is 55.4 Å². The molecule has 1 heterocycles. The van der Waals surface area contributed by atoms with Crippen LogP contribution < -0.4 is 4.72 Å². The molecule has 0 spiro atoms. The van der Waals surface area contributed by atoms with Crippen LogP contribution in [0.25, 0.3) is 0 Å². The Bertz CT molecular complexity index is 529. The minimum absolute atomic E-state index is 0.0822. The lowest BCUT2D eigenvalue weighted by molar-refractivity contribution is 0.114. The van der Waals surface area contributed by atoms with Gasteiger partial charge >= 0.3 is 0 Å². The second-order valence-electron chi connectivity index (χ2n) is 4.06. The zero-order valence-electron chi connectivity index (χ0n) is 9.53. The van der Waals surface area contributed by atoms with Crippen molar-refractivity contribution in [1.82, 2.24) is 4.72 Å². The molecule has 0 aromatic heterocycles. The Morgan fingerprint density at radius 2 is 2.28 bits per heavy atom. The minimum Gasteiger partial charge on any atom is -0.377 e. The fourth-order valence-electron chi connectivity index (χ4n) is 1.74. The number of rotatable bonds is 4. The van der Waals surface area contributed by atoms with Gasteiger partial charge in [0.1, 0.15) is 5.82 Å². The maximum atomic E-state index is 13.3. The smallest absolute Gasteiger partial charge is 0.240 e. The molecule has 1 atom stereocenters. The number of benzene rings is 1. The summed E-state index contributed by atoms with van der Waals surface area (Å²) < 4.78 is 45.1. The minimum atomic E-state index is -3.68. The molecule has 1 aromatic carbocycles. The quantitative estimate of drug-likeness (QED) is 0.914. The summed E-state index contributed by atoms with van der Waals surface area (Å²) in [5, 5.41) is 0. The van der Waals surface area contributed by atoms with Gasteiger partial charge in [0.25, 0.3) is 0 Å². The van der Waals surface area contributed by atoms with Gasteiger partial charge in [0.05, 0.1) is 15.5 Å². The van der Waals surface area contributed by atoms with Crippen LogP contribution in [0.5, 0.6) is 0 Å². The van der Waals surface area contributed by atoms with Crippen LogP contribution in [0.2, 0.25) is 0 Å².